The summed E-state index contributed by atoms with van der Waals surface area (Å²) in [6.45, 7) is 1.69. The van der Waals surface area contributed by atoms with E-state index in [-0.39, 0.29) is 0 Å². The molecule has 0 radical (unpaired) electrons. The Morgan fingerprint density at radius 3 is 2.38 bits per heavy atom. The fourth-order valence-corrected chi connectivity index (χ4v) is 1.62. The van der Waals surface area contributed by atoms with Crippen LogP contribution in [0.4, 0.5) is 0 Å². The van der Waals surface area contributed by atoms with Gasteiger partial charge in [-0.2, -0.15) is 0 Å². The zero-order chi connectivity index (χ0) is 12.2. The molecule has 1 aromatic rings. The molecule has 7 heteroatoms. The Kier molecular flexibility index (Phi) is 4.77. The van der Waals surface area contributed by atoms with Gasteiger partial charge in [0.2, 0.25) is 6.29 Å². The first-order valence-electron chi connectivity index (χ1n) is 4.57. The summed E-state index contributed by atoms with van der Waals surface area (Å²) in [5, 5.41) is 0.552. The zero-order valence-electron chi connectivity index (χ0n) is 8.54. The third-order valence-electron chi connectivity index (χ3n) is 1.67. The highest BCUT2D eigenvalue weighted by Crippen LogP contribution is 2.38. The van der Waals surface area contributed by atoms with Crippen molar-refractivity contribution >= 4 is 19.4 Å². The van der Waals surface area contributed by atoms with Gasteiger partial charge in [0.25, 0.3) is 0 Å². The summed E-state index contributed by atoms with van der Waals surface area (Å²) in [4.78, 5) is 17.3. The number of halogens is 1. The third kappa shape index (κ3) is 4.96. The maximum Gasteiger partial charge on any atom is 0.472 e. The van der Waals surface area contributed by atoms with Crippen LogP contribution in [0.15, 0.2) is 24.3 Å². The lowest BCUT2D eigenvalue weighted by Gasteiger charge is -2.18. The lowest BCUT2D eigenvalue weighted by molar-refractivity contribution is -0.0177. The smallest absolute Gasteiger partial charge is 0.464 e. The molecule has 0 bridgehead atoms. The number of hydrogen-bond donors (Lipinski definition) is 2. The van der Waals surface area contributed by atoms with Crippen molar-refractivity contribution in [1.29, 1.82) is 0 Å². The van der Waals surface area contributed by atoms with Gasteiger partial charge >= 0.3 is 7.82 Å². The van der Waals surface area contributed by atoms with Gasteiger partial charge in [0.1, 0.15) is 5.75 Å². The average Bonchev–Trinajstić information content (AvgIpc) is 2.18. The fourth-order valence-electron chi connectivity index (χ4n) is 0.997. The van der Waals surface area contributed by atoms with Gasteiger partial charge in [-0.25, -0.2) is 9.09 Å². The lowest BCUT2D eigenvalue weighted by Crippen LogP contribution is -2.18. The van der Waals surface area contributed by atoms with E-state index in [0.717, 1.165) is 0 Å². The topological polar surface area (TPSA) is 76.0 Å². The van der Waals surface area contributed by atoms with E-state index in [0.29, 0.717) is 17.2 Å². The highest BCUT2D eigenvalue weighted by atomic mass is 35.5. The van der Waals surface area contributed by atoms with Gasteiger partial charge in [0, 0.05) is 11.4 Å². The number of rotatable bonds is 5. The molecule has 5 nitrogen and oxygen atoms in total. The van der Waals surface area contributed by atoms with Gasteiger partial charge < -0.3 is 14.5 Å². The van der Waals surface area contributed by atoms with Crippen LogP contribution in [-0.4, -0.2) is 16.1 Å². The van der Waals surface area contributed by atoms with Crippen LogP contribution in [0.2, 0.25) is 5.02 Å². The summed E-state index contributed by atoms with van der Waals surface area (Å²) in [6.07, 6.45) is -0.671. The summed E-state index contributed by atoms with van der Waals surface area (Å²) in [5.41, 5.74) is 0. The molecule has 0 aliphatic rings. The molecule has 0 spiro atoms. The first-order valence-corrected chi connectivity index (χ1v) is 6.47. The van der Waals surface area contributed by atoms with Crippen molar-refractivity contribution in [3.63, 3.8) is 0 Å². The molecule has 0 aliphatic heterocycles. The second-order valence-electron chi connectivity index (χ2n) is 3.01. The average molecular weight is 267 g/mol. The van der Waals surface area contributed by atoms with Crippen LogP contribution in [0.5, 0.6) is 5.75 Å². The largest absolute Gasteiger partial charge is 0.472 e. The number of phosphoric ester groups is 1. The van der Waals surface area contributed by atoms with Crippen molar-refractivity contribution in [3.05, 3.63) is 29.3 Å². The Balaban J connectivity index is 2.63. The summed E-state index contributed by atoms with van der Waals surface area (Å²) < 4.78 is 20.3. The van der Waals surface area contributed by atoms with Crippen LogP contribution < -0.4 is 4.74 Å². The second kappa shape index (κ2) is 5.66. The molecule has 0 saturated heterocycles. The molecule has 1 rings (SSSR count). The summed E-state index contributed by atoms with van der Waals surface area (Å²) in [6, 6.07) is 6.41. The van der Waals surface area contributed by atoms with Crippen LogP contribution >= 0.6 is 19.4 Å². The molecule has 0 amide bonds. The van der Waals surface area contributed by atoms with Crippen LogP contribution in [0.25, 0.3) is 0 Å². The van der Waals surface area contributed by atoms with Crippen LogP contribution in [-0.2, 0) is 9.09 Å². The maximum atomic E-state index is 10.6. The van der Waals surface area contributed by atoms with Crippen molar-refractivity contribution in [1.82, 2.24) is 0 Å². The van der Waals surface area contributed by atoms with Crippen molar-refractivity contribution < 1.29 is 23.6 Å². The lowest BCUT2D eigenvalue weighted by atomic mass is 10.3. The van der Waals surface area contributed by atoms with Crippen molar-refractivity contribution in [3.8, 4) is 5.75 Å². The highest BCUT2D eigenvalue weighted by Gasteiger charge is 2.22. The predicted octanol–water partition coefficient (Wildman–Crippen LogP) is 2.56. The van der Waals surface area contributed by atoms with E-state index in [1.54, 1.807) is 31.2 Å². The normalized spacial score (nSPS) is 13.5. The van der Waals surface area contributed by atoms with E-state index in [2.05, 4.69) is 4.52 Å². The standard InChI is InChI=1S/C9H12ClO5P/c1-2-9(15-16(11,12)13)14-8-5-3-7(10)4-6-8/h3-6,9H,2H2,1H3,(H2,11,12,13). The molecule has 1 aromatic carbocycles. The minimum Gasteiger partial charge on any atom is -0.464 e. The molecule has 0 fully saturated rings. The number of hydrogen-bond acceptors (Lipinski definition) is 3. The predicted molar refractivity (Wildman–Crippen MR) is 59.3 cm³/mol. The minimum absolute atomic E-state index is 0.313. The number of ether oxygens (including phenoxy) is 1. The zero-order valence-corrected chi connectivity index (χ0v) is 10.2. The Morgan fingerprint density at radius 2 is 1.94 bits per heavy atom. The fraction of sp³-hybridized carbons (Fsp3) is 0.333. The maximum absolute atomic E-state index is 10.6. The van der Waals surface area contributed by atoms with Gasteiger partial charge in [0.05, 0.1) is 0 Å². The SMILES string of the molecule is CCC(Oc1ccc(Cl)cc1)OP(=O)(O)O. The van der Waals surface area contributed by atoms with Gasteiger partial charge in [-0.1, -0.05) is 18.5 Å². The first kappa shape index (κ1) is 13.5. The molecule has 16 heavy (non-hydrogen) atoms. The molecular formula is C9H12ClO5P. The summed E-state index contributed by atoms with van der Waals surface area (Å²) >= 11 is 5.68. The van der Waals surface area contributed by atoms with Crippen LogP contribution in [0.3, 0.4) is 0 Å². The number of phosphoric acid groups is 1. The number of benzene rings is 1. The van der Waals surface area contributed by atoms with Crippen molar-refractivity contribution in [2.45, 2.75) is 19.6 Å². The van der Waals surface area contributed by atoms with Gasteiger partial charge in [0.15, 0.2) is 0 Å². The monoisotopic (exact) mass is 266 g/mol. The Labute approximate surface area is 98.2 Å². The van der Waals surface area contributed by atoms with Crippen molar-refractivity contribution in [2.24, 2.45) is 0 Å². The van der Waals surface area contributed by atoms with Crippen LogP contribution in [0, 0.1) is 0 Å². The van der Waals surface area contributed by atoms with E-state index in [9.17, 15) is 4.57 Å². The van der Waals surface area contributed by atoms with E-state index in [1.807, 2.05) is 0 Å². The summed E-state index contributed by atoms with van der Waals surface area (Å²) in [7, 11) is -4.54. The molecule has 1 atom stereocenters. The minimum atomic E-state index is -4.54. The molecule has 1 unspecified atom stereocenters. The molecule has 0 aliphatic carbocycles. The van der Waals surface area contributed by atoms with Crippen molar-refractivity contribution in [2.75, 3.05) is 0 Å². The molecular weight excluding hydrogens is 255 g/mol. The van der Waals surface area contributed by atoms with Gasteiger partial charge in [-0.15, -0.1) is 0 Å². The molecule has 0 aromatic heterocycles. The Hall–Kier alpha value is -0.580. The van der Waals surface area contributed by atoms with Gasteiger partial charge in [-0.3, -0.25) is 0 Å². The van der Waals surface area contributed by atoms with Gasteiger partial charge in [-0.05, 0) is 24.3 Å². The van der Waals surface area contributed by atoms with Crippen LogP contribution in [0.1, 0.15) is 13.3 Å². The Morgan fingerprint density at radius 1 is 1.38 bits per heavy atom. The molecule has 2 N–H and O–H groups in total. The second-order valence-corrected chi connectivity index (χ2v) is 4.63. The Bertz CT molecular complexity index is 374. The molecule has 90 valence electrons. The summed E-state index contributed by atoms with van der Waals surface area (Å²) in [5.74, 6) is 0.435. The van der Waals surface area contributed by atoms with E-state index in [1.165, 1.54) is 0 Å². The first-order chi connectivity index (χ1) is 7.40. The van der Waals surface area contributed by atoms with E-state index in [4.69, 9.17) is 26.1 Å². The van der Waals surface area contributed by atoms with E-state index < -0.39 is 14.1 Å². The quantitative estimate of drug-likeness (QED) is 0.633. The molecule has 0 heterocycles. The third-order valence-corrected chi connectivity index (χ3v) is 2.43. The van der Waals surface area contributed by atoms with E-state index >= 15 is 0 Å². The molecule has 0 saturated carbocycles. The highest BCUT2D eigenvalue weighted by molar-refractivity contribution is 7.46.